The maximum absolute atomic E-state index is 13.3. The molecule has 3 aromatic carbocycles. The first kappa shape index (κ1) is 26.9. The van der Waals surface area contributed by atoms with Crippen LogP contribution in [0.2, 0.25) is 0 Å². The van der Waals surface area contributed by atoms with Crippen molar-refractivity contribution in [3.8, 4) is 17.8 Å². The number of nitrogens with one attached hydrogen (secondary N) is 1. The highest BCUT2D eigenvalue weighted by molar-refractivity contribution is 5.88. The van der Waals surface area contributed by atoms with Gasteiger partial charge >= 0.3 is 18.1 Å². The quantitative estimate of drug-likeness (QED) is 0.275. The van der Waals surface area contributed by atoms with Gasteiger partial charge in [0.05, 0.1) is 20.3 Å². The number of nitrogens with zero attached hydrogens (tertiary/aromatic N) is 2. The van der Waals surface area contributed by atoms with Crippen molar-refractivity contribution in [3.63, 3.8) is 0 Å². The zero-order valence-electron chi connectivity index (χ0n) is 21.3. The van der Waals surface area contributed by atoms with E-state index in [1.165, 1.54) is 20.3 Å². The fraction of sp³-hybridized carbons (Fsp3) is 0.172. The minimum atomic E-state index is -1.95. The average Bonchev–Trinajstić information content (AvgIpc) is 2.97. The molecule has 0 spiro atoms. The van der Waals surface area contributed by atoms with Gasteiger partial charge in [0.1, 0.15) is 6.61 Å². The van der Waals surface area contributed by atoms with Crippen LogP contribution in [0, 0.1) is 0 Å². The van der Waals surface area contributed by atoms with Gasteiger partial charge < -0.3 is 24.1 Å². The maximum atomic E-state index is 13.3. The van der Waals surface area contributed by atoms with Gasteiger partial charge in [0.15, 0.2) is 5.41 Å². The molecule has 0 bridgehead atoms. The fourth-order valence-electron chi connectivity index (χ4n) is 4.08. The molecule has 4 aromatic rings. The summed E-state index contributed by atoms with van der Waals surface area (Å²) in [6, 6.07) is 27.1. The van der Waals surface area contributed by atoms with Gasteiger partial charge in [-0.25, -0.2) is 4.79 Å². The van der Waals surface area contributed by atoms with E-state index in [2.05, 4.69) is 15.3 Å². The fourth-order valence-corrected chi connectivity index (χ4v) is 4.08. The summed E-state index contributed by atoms with van der Waals surface area (Å²) in [4.78, 5) is 34.8. The largest absolute Gasteiger partial charge is 0.481 e. The van der Waals surface area contributed by atoms with Gasteiger partial charge in [0, 0.05) is 0 Å². The van der Waals surface area contributed by atoms with Crippen LogP contribution in [0.4, 0.5) is 4.79 Å². The normalized spacial score (nSPS) is 11.6. The standard InChI is InChI=1S/C29H27N3O7/c1-36-23-18-24(37-2)31-27(30-23)39-25(32-28(35)38-19-20-12-6-3-7-13-20)29(26(33)34,21-14-8-4-9-15-21)22-16-10-5-11-17-22/h3-18,25H,19H2,1-2H3,(H,32,35)(H,33,34)/t25-/m1/s1. The SMILES string of the molecule is COc1cc(OC)nc(O[C@@H](NC(=O)OCc2ccccc2)C(C(=O)O)(c2ccccc2)c2ccccc2)n1. The molecule has 200 valence electrons. The Hall–Kier alpha value is -5.12. The Morgan fingerprint density at radius 2 is 1.31 bits per heavy atom. The van der Waals surface area contributed by atoms with E-state index in [0.717, 1.165) is 5.56 Å². The monoisotopic (exact) mass is 529 g/mol. The Morgan fingerprint density at radius 1 is 0.821 bits per heavy atom. The highest BCUT2D eigenvalue weighted by Crippen LogP contribution is 2.37. The second-order valence-electron chi connectivity index (χ2n) is 8.28. The Labute approximate surface area is 225 Å². The molecule has 0 saturated heterocycles. The van der Waals surface area contributed by atoms with E-state index < -0.39 is 23.7 Å². The number of aliphatic carboxylic acids is 1. The zero-order valence-corrected chi connectivity index (χ0v) is 21.3. The Balaban J connectivity index is 1.82. The van der Waals surface area contributed by atoms with Crippen molar-refractivity contribution in [3.05, 3.63) is 114 Å². The smallest absolute Gasteiger partial charge is 0.410 e. The number of hydrogen-bond acceptors (Lipinski definition) is 8. The molecular formula is C29H27N3O7. The van der Waals surface area contributed by atoms with Crippen LogP contribution in [0.25, 0.3) is 0 Å². The zero-order chi connectivity index (χ0) is 27.7. The molecular weight excluding hydrogens is 502 g/mol. The third kappa shape index (κ3) is 6.07. The first-order chi connectivity index (χ1) is 19.0. The topological polar surface area (TPSA) is 129 Å². The molecule has 4 rings (SSSR count). The lowest BCUT2D eigenvalue weighted by atomic mass is 9.72. The predicted octanol–water partition coefficient (Wildman–Crippen LogP) is 4.20. The van der Waals surface area contributed by atoms with Gasteiger partial charge in [-0.15, -0.1) is 0 Å². The van der Waals surface area contributed by atoms with Gasteiger partial charge in [-0.1, -0.05) is 91.0 Å². The van der Waals surface area contributed by atoms with Gasteiger partial charge in [0.2, 0.25) is 18.0 Å². The number of ether oxygens (including phenoxy) is 4. The second-order valence-corrected chi connectivity index (χ2v) is 8.28. The van der Waals surface area contributed by atoms with Gasteiger partial charge in [-0.3, -0.25) is 10.1 Å². The van der Waals surface area contributed by atoms with Crippen molar-refractivity contribution in [1.82, 2.24) is 15.3 Å². The summed E-state index contributed by atoms with van der Waals surface area (Å²) in [5.74, 6) is -1.06. The van der Waals surface area contributed by atoms with E-state index in [9.17, 15) is 14.7 Å². The van der Waals surface area contributed by atoms with Crippen molar-refractivity contribution in [2.24, 2.45) is 0 Å². The predicted molar refractivity (Wildman–Crippen MR) is 141 cm³/mol. The van der Waals surface area contributed by atoms with Gasteiger partial charge in [0.25, 0.3) is 0 Å². The van der Waals surface area contributed by atoms with Crippen molar-refractivity contribution in [2.75, 3.05) is 14.2 Å². The molecule has 0 aliphatic rings. The molecule has 1 heterocycles. The number of carboxylic acid groups (broad SMARTS) is 1. The molecule has 1 aromatic heterocycles. The number of carboxylic acids is 1. The molecule has 1 amide bonds. The minimum Gasteiger partial charge on any atom is -0.481 e. The Kier molecular flexibility index (Phi) is 8.57. The van der Waals surface area contributed by atoms with E-state index in [1.54, 1.807) is 72.8 Å². The Morgan fingerprint density at radius 3 is 1.77 bits per heavy atom. The molecule has 10 nitrogen and oxygen atoms in total. The second kappa shape index (κ2) is 12.4. The summed E-state index contributed by atoms with van der Waals surface area (Å²) in [5.41, 5.74) is -0.519. The first-order valence-corrected chi connectivity index (χ1v) is 11.9. The number of amides is 1. The molecule has 1 atom stereocenters. The molecule has 39 heavy (non-hydrogen) atoms. The van der Waals surface area contributed by atoms with Crippen molar-refractivity contribution in [2.45, 2.75) is 18.2 Å². The lowest BCUT2D eigenvalue weighted by molar-refractivity contribution is -0.146. The highest BCUT2D eigenvalue weighted by Gasteiger charge is 2.52. The molecule has 0 aliphatic carbocycles. The number of rotatable bonds is 11. The number of alkyl carbamates (subject to hydrolysis) is 1. The molecule has 0 fully saturated rings. The summed E-state index contributed by atoms with van der Waals surface area (Å²) in [6.07, 6.45) is -2.49. The minimum absolute atomic E-state index is 0.0420. The summed E-state index contributed by atoms with van der Waals surface area (Å²) in [7, 11) is 2.80. The summed E-state index contributed by atoms with van der Waals surface area (Å²) >= 11 is 0. The average molecular weight is 530 g/mol. The molecule has 0 unspecified atom stereocenters. The van der Waals surface area contributed by atoms with Crippen molar-refractivity contribution < 1.29 is 33.6 Å². The van der Waals surface area contributed by atoms with E-state index in [1.807, 2.05) is 18.2 Å². The van der Waals surface area contributed by atoms with Crippen LogP contribution in [0.3, 0.4) is 0 Å². The van der Waals surface area contributed by atoms with Crippen molar-refractivity contribution >= 4 is 12.1 Å². The number of benzene rings is 3. The van der Waals surface area contributed by atoms with E-state index in [4.69, 9.17) is 18.9 Å². The van der Waals surface area contributed by atoms with Crippen LogP contribution >= 0.6 is 0 Å². The van der Waals surface area contributed by atoms with E-state index in [-0.39, 0.29) is 24.4 Å². The molecule has 0 aliphatic heterocycles. The number of methoxy groups -OCH3 is 2. The van der Waals surface area contributed by atoms with Crippen LogP contribution < -0.4 is 19.5 Å². The number of carbonyl (C=O) groups is 2. The van der Waals surface area contributed by atoms with Crippen LogP contribution in [-0.2, 0) is 21.6 Å². The van der Waals surface area contributed by atoms with Gasteiger partial charge in [-0.05, 0) is 16.7 Å². The molecule has 0 radical (unpaired) electrons. The lowest BCUT2D eigenvalue weighted by Crippen LogP contribution is -2.59. The summed E-state index contributed by atoms with van der Waals surface area (Å²) in [5, 5.41) is 13.4. The van der Waals surface area contributed by atoms with E-state index >= 15 is 0 Å². The highest BCUT2D eigenvalue weighted by atomic mass is 16.6. The van der Waals surface area contributed by atoms with Crippen LogP contribution in [0.15, 0.2) is 97.1 Å². The lowest BCUT2D eigenvalue weighted by Gasteiger charge is -2.37. The molecule has 0 saturated carbocycles. The Bertz CT molecular complexity index is 1320. The number of carbonyl (C=O) groups excluding carboxylic acids is 1. The van der Waals surface area contributed by atoms with E-state index in [0.29, 0.717) is 11.1 Å². The number of aromatic nitrogens is 2. The van der Waals surface area contributed by atoms with Crippen LogP contribution in [0.5, 0.6) is 17.8 Å². The third-order valence-corrected chi connectivity index (χ3v) is 5.95. The first-order valence-electron chi connectivity index (χ1n) is 11.9. The van der Waals surface area contributed by atoms with Gasteiger partial charge in [-0.2, -0.15) is 9.97 Å². The van der Waals surface area contributed by atoms with Crippen molar-refractivity contribution in [1.29, 1.82) is 0 Å². The maximum Gasteiger partial charge on any atom is 0.410 e. The summed E-state index contributed by atoms with van der Waals surface area (Å²) in [6.45, 7) is -0.0420. The van der Waals surface area contributed by atoms with Crippen LogP contribution in [-0.4, -0.2) is 47.6 Å². The molecule has 10 heteroatoms. The number of hydrogen-bond donors (Lipinski definition) is 2. The summed E-state index contributed by atoms with van der Waals surface area (Å²) < 4.78 is 21.9. The molecule has 2 N–H and O–H groups in total. The third-order valence-electron chi connectivity index (χ3n) is 5.95. The van der Waals surface area contributed by atoms with Crippen LogP contribution in [0.1, 0.15) is 16.7 Å².